The van der Waals surface area contributed by atoms with Crippen LogP contribution in [0.5, 0.6) is 0 Å². The Morgan fingerprint density at radius 1 is 1.53 bits per heavy atom. The van der Waals surface area contributed by atoms with E-state index in [9.17, 15) is 4.79 Å². The molecule has 102 valence electrons. The maximum Gasteiger partial charge on any atom is 0.320 e. The first kappa shape index (κ1) is 13.2. The Kier molecular flexibility index (Phi) is 3.61. The Balaban J connectivity index is 2.23. The van der Waals surface area contributed by atoms with Crippen LogP contribution < -0.4 is 5.73 Å². The zero-order valence-electron chi connectivity index (χ0n) is 10.8. The third-order valence-electron chi connectivity index (χ3n) is 2.75. The summed E-state index contributed by atoms with van der Waals surface area (Å²) in [6.45, 7) is 2.00. The average Bonchev–Trinajstić information content (AvgIpc) is 2.95. The number of aryl methyl sites for hydroxylation is 2. The van der Waals surface area contributed by atoms with Crippen LogP contribution in [0.25, 0.3) is 5.69 Å². The van der Waals surface area contributed by atoms with Gasteiger partial charge in [-0.25, -0.2) is 4.68 Å². The largest absolute Gasteiger partial charge is 0.480 e. The summed E-state index contributed by atoms with van der Waals surface area (Å²) in [5.41, 5.74) is 7.75. The normalized spacial score (nSPS) is 12.6. The van der Waals surface area contributed by atoms with Crippen LogP contribution in [0.4, 0.5) is 0 Å². The van der Waals surface area contributed by atoms with Crippen molar-refractivity contribution in [1.82, 2.24) is 24.8 Å². The second-order valence-electron chi connectivity index (χ2n) is 4.29. The molecule has 2 aromatic heterocycles. The number of hydrogen-bond donors (Lipinski definition) is 2. The lowest BCUT2D eigenvalue weighted by molar-refractivity contribution is -0.138. The molecule has 0 aliphatic rings. The fraction of sp³-hybridized carbons (Fsp3) is 0.455. The molecule has 1 unspecified atom stereocenters. The summed E-state index contributed by atoms with van der Waals surface area (Å²) in [5.74, 6) is -1.05. The summed E-state index contributed by atoms with van der Waals surface area (Å²) in [5, 5.41) is 21.0. The van der Waals surface area contributed by atoms with Crippen LogP contribution >= 0.6 is 0 Å². The summed E-state index contributed by atoms with van der Waals surface area (Å²) in [6.07, 6.45) is 4.45. The first-order valence-electron chi connectivity index (χ1n) is 5.93. The van der Waals surface area contributed by atoms with Gasteiger partial charge in [-0.1, -0.05) is 12.1 Å². The van der Waals surface area contributed by atoms with Crippen LogP contribution in [0.2, 0.25) is 0 Å². The average molecular weight is 264 g/mol. The summed E-state index contributed by atoms with van der Waals surface area (Å²) in [7, 11) is 1.83. The number of aromatic nitrogens is 5. The van der Waals surface area contributed by atoms with Crippen LogP contribution in [0.1, 0.15) is 18.3 Å². The minimum atomic E-state index is -1.05. The molecular weight excluding hydrogens is 248 g/mol. The zero-order chi connectivity index (χ0) is 14.0. The third kappa shape index (κ3) is 2.79. The SMILES string of the molecule is CCc1nn(C)cc1-n1cc(CC(N)C(=O)O)nn1. The summed E-state index contributed by atoms with van der Waals surface area (Å²) < 4.78 is 3.30. The summed E-state index contributed by atoms with van der Waals surface area (Å²) in [4.78, 5) is 10.7. The van der Waals surface area contributed by atoms with E-state index in [1.807, 2.05) is 20.2 Å². The predicted octanol–water partition coefficient (Wildman–Crippen LogP) is -0.482. The number of aliphatic carboxylic acids is 1. The molecule has 0 bridgehead atoms. The van der Waals surface area contributed by atoms with Gasteiger partial charge in [0.05, 0.1) is 23.8 Å². The Bertz CT molecular complexity index is 588. The summed E-state index contributed by atoms with van der Waals surface area (Å²) in [6, 6.07) is -0.968. The first-order chi connectivity index (χ1) is 9.01. The Labute approximate surface area is 109 Å². The maximum atomic E-state index is 10.7. The number of nitrogens with zero attached hydrogens (tertiary/aromatic N) is 5. The predicted molar refractivity (Wildman–Crippen MR) is 66.8 cm³/mol. The van der Waals surface area contributed by atoms with Crippen LogP contribution in [0.3, 0.4) is 0 Å². The lowest BCUT2D eigenvalue weighted by Crippen LogP contribution is -2.32. The van der Waals surface area contributed by atoms with Gasteiger partial charge in [-0.15, -0.1) is 5.10 Å². The van der Waals surface area contributed by atoms with Crippen LogP contribution in [-0.2, 0) is 24.7 Å². The molecule has 0 saturated carbocycles. The third-order valence-corrected chi connectivity index (χ3v) is 2.75. The van der Waals surface area contributed by atoms with Crippen molar-refractivity contribution in [3.05, 3.63) is 23.8 Å². The lowest BCUT2D eigenvalue weighted by atomic mass is 10.2. The Morgan fingerprint density at radius 3 is 2.89 bits per heavy atom. The molecule has 0 aliphatic carbocycles. The Morgan fingerprint density at radius 2 is 2.26 bits per heavy atom. The van der Waals surface area contributed by atoms with Gasteiger partial charge in [0.1, 0.15) is 11.7 Å². The fourth-order valence-corrected chi connectivity index (χ4v) is 1.79. The van der Waals surface area contributed by atoms with E-state index in [2.05, 4.69) is 15.4 Å². The molecule has 8 heteroatoms. The van der Waals surface area contributed by atoms with Gasteiger partial charge in [-0.05, 0) is 6.42 Å². The molecule has 8 nitrogen and oxygen atoms in total. The van der Waals surface area contributed by atoms with Crippen molar-refractivity contribution >= 4 is 5.97 Å². The van der Waals surface area contributed by atoms with Gasteiger partial charge in [-0.2, -0.15) is 5.10 Å². The van der Waals surface area contributed by atoms with E-state index in [0.717, 1.165) is 17.8 Å². The smallest absolute Gasteiger partial charge is 0.320 e. The van der Waals surface area contributed by atoms with Crippen LogP contribution in [-0.4, -0.2) is 41.9 Å². The van der Waals surface area contributed by atoms with E-state index >= 15 is 0 Å². The van der Waals surface area contributed by atoms with Gasteiger partial charge in [0, 0.05) is 13.5 Å². The molecule has 1 atom stereocenters. The lowest BCUT2D eigenvalue weighted by Gasteiger charge is -2.01. The molecule has 2 rings (SSSR count). The molecule has 0 aromatic carbocycles. The van der Waals surface area contributed by atoms with Crippen molar-refractivity contribution in [3.8, 4) is 5.69 Å². The van der Waals surface area contributed by atoms with E-state index in [0.29, 0.717) is 5.69 Å². The van der Waals surface area contributed by atoms with Gasteiger partial charge in [0.25, 0.3) is 0 Å². The molecule has 0 amide bonds. The molecular formula is C11H16N6O2. The number of hydrogen-bond acceptors (Lipinski definition) is 5. The van der Waals surface area contributed by atoms with Crippen molar-refractivity contribution in [2.75, 3.05) is 0 Å². The molecule has 0 radical (unpaired) electrons. The van der Waals surface area contributed by atoms with E-state index in [1.165, 1.54) is 0 Å². The maximum absolute atomic E-state index is 10.7. The zero-order valence-corrected chi connectivity index (χ0v) is 10.8. The highest BCUT2D eigenvalue weighted by atomic mass is 16.4. The minimum Gasteiger partial charge on any atom is -0.480 e. The fourth-order valence-electron chi connectivity index (χ4n) is 1.79. The van der Waals surface area contributed by atoms with Gasteiger partial charge in [0.2, 0.25) is 0 Å². The molecule has 3 N–H and O–H groups in total. The highest BCUT2D eigenvalue weighted by Crippen LogP contribution is 2.12. The van der Waals surface area contributed by atoms with Gasteiger partial charge in [0.15, 0.2) is 0 Å². The van der Waals surface area contributed by atoms with Crippen LogP contribution in [0.15, 0.2) is 12.4 Å². The van der Waals surface area contributed by atoms with E-state index in [-0.39, 0.29) is 6.42 Å². The highest BCUT2D eigenvalue weighted by molar-refractivity contribution is 5.73. The van der Waals surface area contributed by atoms with Crippen LogP contribution in [0, 0.1) is 0 Å². The topological polar surface area (TPSA) is 112 Å². The second kappa shape index (κ2) is 5.19. The first-order valence-corrected chi connectivity index (χ1v) is 5.93. The second-order valence-corrected chi connectivity index (χ2v) is 4.29. The number of carbonyl (C=O) groups is 1. The molecule has 2 heterocycles. The quantitative estimate of drug-likeness (QED) is 0.754. The standard InChI is InChI=1S/C11H16N6O2/c1-3-9-10(6-16(2)14-9)17-5-7(13-15-17)4-8(12)11(18)19/h5-6,8H,3-4,12H2,1-2H3,(H,18,19). The summed E-state index contributed by atoms with van der Waals surface area (Å²) >= 11 is 0. The van der Waals surface area contributed by atoms with Crippen molar-refractivity contribution in [2.45, 2.75) is 25.8 Å². The molecule has 2 aromatic rings. The van der Waals surface area contributed by atoms with Crippen molar-refractivity contribution < 1.29 is 9.90 Å². The van der Waals surface area contributed by atoms with Crippen molar-refractivity contribution in [1.29, 1.82) is 0 Å². The number of nitrogens with two attached hydrogens (primary N) is 1. The molecule has 0 spiro atoms. The molecule has 0 saturated heterocycles. The number of rotatable bonds is 5. The van der Waals surface area contributed by atoms with E-state index < -0.39 is 12.0 Å². The van der Waals surface area contributed by atoms with Gasteiger partial charge >= 0.3 is 5.97 Å². The monoisotopic (exact) mass is 264 g/mol. The Hall–Kier alpha value is -2.22. The van der Waals surface area contributed by atoms with Crippen molar-refractivity contribution in [3.63, 3.8) is 0 Å². The molecule has 19 heavy (non-hydrogen) atoms. The van der Waals surface area contributed by atoms with Gasteiger partial charge < -0.3 is 10.8 Å². The van der Waals surface area contributed by atoms with E-state index in [1.54, 1.807) is 15.6 Å². The minimum absolute atomic E-state index is 0.150. The number of carboxylic acid groups (broad SMARTS) is 1. The molecule has 0 aliphatic heterocycles. The van der Waals surface area contributed by atoms with Crippen molar-refractivity contribution in [2.24, 2.45) is 12.8 Å². The van der Waals surface area contributed by atoms with E-state index in [4.69, 9.17) is 10.8 Å². The van der Waals surface area contributed by atoms with Gasteiger partial charge in [-0.3, -0.25) is 9.48 Å². The highest BCUT2D eigenvalue weighted by Gasteiger charge is 2.16. The number of carboxylic acids is 1. The molecule has 0 fully saturated rings.